The second kappa shape index (κ2) is 6.52. The molecule has 4 nitrogen and oxygen atoms in total. The topological polar surface area (TPSA) is 41.9 Å². The number of piperidine rings is 1. The van der Waals surface area contributed by atoms with Gasteiger partial charge in [0.15, 0.2) is 11.6 Å². The number of aliphatic hydroxyl groups is 1. The van der Waals surface area contributed by atoms with Crippen molar-refractivity contribution in [3.63, 3.8) is 0 Å². The average Bonchev–Trinajstić information content (AvgIpc) is 2.54. The second-order valence-electron chi connectivity index (χ2n) is 6.28. The zero-order valence-electron chi connectivity index (χ0n) is 13.1. The minimum absolute atomic E-state index is 0.278. The summed E-state index contributed by atoms with van der Waals surface area (Å²) in [6, 6.07) is 5.25. The van der Waals surface area contributed by atoms with Crippen LogP contribution in [-0.4, -0.2) is 48.5 Å². The van der Waals surface area contributed by atoms with Gasteiger partial charge in [-0.05, 0) is 31.7 Å². The molecule has 1 atom stereocenters. The van der Waals surface area contributed by atoms with Gasteiger partial charge in [0, 0.05) is 31.8 Å². The number of nitrogens with zero attached hydrogens (tertiary/aromatic N) is 1. The molecule has 0 aliphatic carbocycles. The fraction of sp³-hybridized carbons (Fsp3) is 0.647. The van der Waals surface area contributed by atoms with E-state index in [4.69, 9.17) is 9.47 Å². The van der Waals surface area contributed by atoms with Crippen LogP contribution in [0, 0.1) is 5.82 Å². The van der Waals surface area contributed by atoms with Crippen LogP contribution >= 0.6 is 0 Å². The maximum Gasteiger partial charge on any atom is 0.169 e. The van der Waals surface area contributed by atoms with Crippen LogP contribution in [0.3, 0.4) is 0 Å². The first-order valence-electron chi connectivity index (χ1n) is 8.00. The fourth-order valence-corrected chi connectivity index (χ4v) is 3.56. The SMILES string of the molecule is COc1cccc(CN2CCC3(CC2)OCCCC3O)c1F. The van der Waals surface area contributed by atoms with E-state index in [2.05, 4.69) is 4.90 Å². The summed E-state index contributed by atoms with van der Waals surface area (Å²) in [5.74, 6) is 0.0104. The molecular weight excluding hydrogens is 285 g/mol. The zero-order chi connectivity index (χ0) is 15.6. The van der Waals surface area contributed by atoms with E-state index in [-0.39, 0.29) is 23.3 Å². The molecule has 2 saturated heterocycles. The molecular formula is C17H24FNO3. The van der Waals surface area contributed by atoms with E-state index in [1.54, 1.807) is 12.1 Å². The van der Waals surface area contributed by atoms with Gasteiger partial charge in [-0.2, -0.15) is 0 Å². The van der Waals surface area contributed by atoms with Crippen LogP contribution in [0.4, 0.5) is 4.39 Å². The molecule has 22 heavy (non-hydrogen) atoms. The van der Waals surface area contributed by atoms with Crippen molar-refractivity contribution >= 4 is 0 Å². The lowest BCUT2D eigenvalue weighted by molar-refractivity contribution is -0.177. The third kappa shape index (κ3) is 2.98. The molecule has 122 valence electrons. The molecule has 2 aliphatic rings. The normalized spacial score (nSPS) is 25.3. The highest BCUT2D eigenvalue weighted by Gasteiger charge is 2.43. The molecule has 1 N–H and O–H groups in total. The number of aliphatic hydroxyl groups excluding tert-OH is 1. The highest BCUT2D eigenvalue weighted by molar-refractivity contribution is 5.31. The van der Waals surface area contributed by atoms with Crippen molar-refractivity contribution < 1.29 is 19.0 Å². The van der Waals surface area contributed by atoms with Gasteiger partial charge in [-0.15, -0.1) is 0 Å². The number of hydrogen-bond acceptors (Lipinski definition) is 4. The van der Waals surface area contributed by atoms with Gasteiger partial charge in [0.05, 0.1) is 18.8 Å². The van der Waals surface area contributed by atoms with Crippen molar-refractivity contribution in [3.8, 4) is 5.75 Å². The lowest BCUT2D eigenvalue weighted by Gasteiger charge is -2.46. The zero-order valence-corrected chi connectivity index (χ0v) is 13.1. The quantitative estimate of drug-likeness (QED) is 0.930. The number of hydrogen-bond donors (Lipinski definition) is 1. The van der Waals surface area contributed by atoms with Gasteiger partial charge in [0.2, 0.25) is 0 Å². The van der Waals surface area contributed by atoms with E-state index in [1.807, 2.05) is 6.07 Å². The molecule has 2 fully saturated rings. The third-order valence-electron chi connectivity index (χ3n) is 4.98. The summed E-state index contributed by atoms with van der Waals surface area (Å²) in [4.78, 5) is 2.22. The Hall–Kier alpha value is -1.17. The van der Waals surface area contributed by atoms with Crippen molar-refractivity contribution in [1.29, 1.82) is 0 Å². The summed E-state index contributed by atoms with van der Waals surface area (Å²) < 4.78 is 25.2. The third-order valence-corrected chi connectivity index (χ3v) is 4.98. The van der Waals surface area contributed by atoms with Crippen LogP contribution in [0.2, 0.25) is 0 Å². The minimum atomic E-state index is -0.373. The smallest absolute Gasteiger partial charge is 0.169 e. The minimum Gasteiger partial charge on any atom is -0.494 e. The monoisotopic (exact) mass is 309 g/mol. The molecule has 2 aliphatic heterocycles. The predicted molar refractivity (Wildman–Crippen MR) is 81.4 cm³/mol. The lowest BCUT2D eigenvalue weighted by Crippen LogP contribution is -2.55. The predicted octanol–water partition coefficient (Wildman–Crippen LogP) is 2.34. The summed E-state index contributed by atoms with van der Waals surface area (Å²) in [6.45, 7) is 2.93. The van der Waals surface area contributed by atoms with Crippen molar-refractivity contribution in [1.82, 2.24) is 4.90 Å². The van der Waals surface area contributed by atoms with Gasteiger partial charge >= 0.3 is 0 Å². The van der Waals surface area contributed by atoms with Crippen LogP contribution in [0.5, 0.6) is 5.75 Å². The lowest BCUT2D eigenvalue weighted by atomic mass is 9.82. The van der Waals surface area contributed by atoms with Crippen LogP contribution in [-0.2, 0) is 11.3 Å². The van der Waals surface area contributed by atoms with Crippen LogP contribution < -0.4 is 4.74 Å². The molecule has 1 spiro atoms. The molecule has 0 aromatic heterocycles. The van der Waals surface area contributed by atoms with Gasteiger partial charge in [0.25, 0.3) is 0 Å². The molecule has 0 bridgehead atoms. The Morgan fingerprint density at radius 1 is 1.41 bits per heavy atom. The van der Waals surface area contributed by atoms with E-state index in [0.29, 0.717) is 12.1 Å². The Labute approximate surface area is 130 Å². The number of rotatable bonds is 3. The molecule has 0 amide bonds. The van der Waals surface area contributed by atoms with Gasteiger partial charge in [-0.1, -0.05) is 12.1 Å². The van der Waals surface area contributed by atoms with Crippen molar-refractivity contribution in [2.45, 2.75) is 43.9 Å². The van der Waals surface area contributed by atoms with Gasteiger partial charge in [-0.3, -0.25) is 4.90 Å². The van der Waals surface area contributed by atoms with E-state index in [1.165, 1.54) is 7.11 Å². The summed E-state index contributed by atoms with van der Waals surface area (Å²) in [5.41, 5.74) is 0.280. The molecule has 1 aromatic rings. The Morgan fingerprint density at radius 2 is 2.18 bits per heavy atom. The largest absolute Gasteiger partial charge is 0.494 e. The highest BCUT2D eigenvalue weighted by atomic mass is 19.1. The first-order valence-corrected chi connectivity index (χ1v) is 8.00. The summed E-state index contributed by atoms with van der Waals surface area (Å²) in [6.07, 6.45) is 3.00. The van der Waals surface area contributed by atoms with Gasteiger partial charge in [-0.25, -0.2) is 4.39 Å². The van der Waals surface area contributed by atoms with Crippen molar-refractivity contribution in [3.05, 3.63) is 29.6 Å². The maximum atomic E-state index is 14.2. The number of methoxy groups -OCH3 is 1. The molecule has 0 radical (unpaired) electrons. The number of benzene rings is 1. The van der Waals surface area contributed by atoms with E-state index in [9.17, 15) is 9.50 Å². The first kappa shape index (κ1) is 15.7. The number of likely N-dealkylation sites (tertiary alicyclic amines) is 1. The van der Waals surface area contributed by atoms with Crippen LogP contribution in [0.1, 0.15) is 31.2 Å². The van der Waals surface area contributed by atoms with E-state index >= 15 is 0 Å². The molecule has 1 aromatic carbocycles. The van der Waals surface area contributed by atoms with Crippen molar-refractivity contribution in [2.75, 3.05) is 26.8 Å². The Kier molecular flexibility index (Phi) is 4.66. The maximum absolute atomic E-state index is 14.2. The highest BCUT2D eigenvalue weighted by Crippen LogP contribution is 2.35. The average molecular weight is 309 g/mol. The van der Waals surface area contributed by atoms with Crippen LogP contribution in [0.15, 0.2) is 18.2 Å². The van der Waals surface area contributed by atoms with Gasteiger partial charge < -0.3 is 14.6 Å². The van der Waals surface area contributed by atoms with Crippen molar-refractivity contribution in [2.24, 2.45) is 0 Å². The molecule has 1 unspecified atom stereocenters. The molecule has 0 saturated carbocycles. The fourth-order valence-electron chi connectivity index (χ4n) is 3.56. The Morgan fingerprint density at radius 3 is 2.86 bits per heavy atom. The summed E-state index contributed by atoms with van der Waals surface area (Å²) in [5, 5.41) is 10.3. The van der Waals surface area contributed by atoms with E-state index < -0.39 is 0 Å². The second-order valence-corrected chi connectivity index (χ2v) is 6.28. The van der Waals surface area contributed by atoms with Gasteiger partial charge in [0.1, 0.15) is 0 Å². The van der Waals surface area contributed by atoms with E-state index in [0.717, 1.165) is 45.4 Å². The molecule has 5 heteroatoms. The summed E-state index contributed by atoms with van der Waals surface area (Å²) >= 11 is 0. The van der Waals surface area contributed by atoms with Crippen LogP contribution in [0.25, 0.3) is 0 Å². The standard InChI is InChI=1S/C17H24FNO3/c1-21-14-5-2-4-13(16(14)18)12-19-9-7-17(8-10-19)15(20)6-3-11-22-17/h2,4-5,15,20H,3,6-12H2,1H3. The first-order chi connectivity index (χ1) is 10.6. The number of halogens is 1. The Balaban J connectivity index is 1.63. The Bertz CT molecular complexity index is 515. The molecule has 3 rings (SSSR count). The molecule has 2 heterocycles. The summed E-state index contributed by atoms with van der Waals surface area (Å²) in [7, 11) is 1.48. The number of ether oxygens (including phenoxy) is 2.